The molecule has 4 rings (SSSR count). The van der Waals surface area contributed by atoms with E-state index in [2.05, 4.69) is 10.6 Å². The molecule has 2 amide bonds. The molecule has 0 aliphatic rings. The van der Waals surface area contributed by atoms with Crippen LogP contribution in [0.3, 0.4) is 0 Å². The summed E-state index contributed by atoms with van der Waals surface area (Å²) in [6.45, 7) is 0. The van der Waals surface area contributed by atoms with Crippen LogP contribution in [0.25, 0.3) is 11.1 Å². The zero-order valence-corrected chi connectivity index (χ0v) is 18.3. The number of anilines is 2. The van der Waals surface area contributed by atoms with Crippen molar-refractivity contribution in [1.82, 2.24) is 0 Å². The van der Waals surface area contributed by atoms with Crippen molar-refractivity contribution in [1.29, 1.82) is 0 Å². The second-order valence-corrected chi connectivity index (χ2v) is 7.84. The van der Waals surface area contributed by atoms with Gasteiger partial charge in [0.05, 0.1) is 10.7 Å². The first-order chi connectivity index (χ1) is 15.5. The average molecular weight is 461 g/mol. The fraction of sp³-hybridized carbons (Fsp3) is 0. The van der Waals surface area contributed by atoms with Crippen LogP contribution in [0.15, 0.2) is 97.1 Å². The maximum Gasteiger partial charge on any atom is 0.255 e. The van der Waals surface area contributed by atoms with Crippen molar-refractivity contribution in [3.8, 4) is 11.1 Å². The van der Waals surface area contributed by atoms with Crippen molar-refractivity contribution in [2.24, 2.45) is 0 Å². The standard InChI is InChI=1S/C26H18Cl2N2O2/c27-20-13-9-19(10-14-20)26(32)30-23-8-4-7-22(24(23)28)17-11-15-21(16-12-17)29-25(31)18-5-2-1-3-6-18/h1-16H,(H,29,31)(H,30,32). The van der Waals surface area contributed by atoms with Gasteiger partial charge in [0.15, 0.2) is 0 Å². The Balaban J connectivity index is 1.51. The van der Waals surface area contributed by atoms with E-state index >= 15 is 0 Å². The second kappa shape index (κ2) is 9.69. The fourth-order valence-electron chi connectivity index (χ4n) is 3.17. The van der Waals surface area contributed by atoms with Gasteiger partial charge < -0.3 is 10.6 Å². The van der Waals surface area contributed by atoms with Crippen molar-refractivity contribution < 1.29 is 9.59 Å². The number of hydrogen-bond acceptors (Lipinski definition) is 2. The summed E-state index contributed by atoms with van der Waals surface area (Å²) in [5.74, 6) is -0.456. The van der Waals surface area contributed by atoms with Crippen LogP contribution in [0.2, 0.25) is 10.0 Å². The van der Waals surface area contributed by atoms with Crippen molar-refractivity contribution in [3.05, 3.63) is 118 Å². The Labute approximate surface area is 195 Å². The van der Waals surface area contributed by atoms with E-state index in [-0.39, 0.29) is 11.8 Å². The van der Waals surface area contributed by atoms with Crippen molar-refractivity contribution in [3.63, 3.8) is 0 Å². The molecule has 0 fully saturated rings. The molecule has 0 saturated carbocycles. The lowest BCUT2D eigenvalue weighted by Crippen LogP contribution is -2.12. The normalized spacial score (nSPS) is 10.4. The zero-order valence-electron chi connectivity index (χ0n) is 16.8. The monoisotopic (exact) mass is 460 g/mol. The summed E-state index contributed by atoms with van der Waals surface area (Å²) in [6, 6.07) is 28.4. The molecule has 0 saturated heterocycles. The van der Waals surface area contributed by atoms with Gasteiger partial charge in [0.1, 0.15) is 0 Å². The minimum Gasteiger partial charge on any atom is -0.322 e. The molecule has 0 spiro atoms. The maximum absolute atomic E-state index is 12.5. The Morgan fingerprint density at radius 1 is 0.594 bits per heavy atom. The number of carbonyl (C=O) groups excluding carboxylic acids is 2. The predicted molar refractivity (Wildman–Crippen MR) is 131 cm³/mol. The van der Waals surface area contributed by atoms with Crippen LogP contribution in [-0.4, -0.2) is 11.8 Å². The molecule has 32 heavy (non-hydrogen) atoms. The van der Waals surface area contributed by atoms with Crippen molar-refractivity contribution in [2.45, 2.75) is 0 Å². The smallest absolute Gasteiger partial charge is 0.255 e. The Hall–Kier alpha value is -3.60. The van der Waals surface area contributed by atoms with Gasteiger partial charge >= 0.3 is 0 Å². The number of hydrogen-bond donors (Lipinski definition) is 2. The first kappa shape index (κ1) is 21.6. The van der Waals surface area contributed by atoms with Gasteiger partial charge in [-0.05, 0) is 60.2 Å². The van der Waals surface area contributed by atoms with E-state index in [0.717, 1.165) is 11.1 Å². The molecule has 0 aliphatic carbocycles. The summed E-state index contributed by atoms with van der Waals surface area (Å²) in [5, 5.41) is 6.70. The number of nitrogens with one attached hydrogen (secondary N) is 2. The molecule has 4 aromatic carbocycles. The van der Waals surface area contributed by atoms with Crippen LogP contribution in [0.1, 0.15) is 20.7 Å². The topological polar surface area (TPSA) is 58.2 Å². The van der Waals surface area contributed by atoms with E-state index in [9.17, 15) is 9.59 Å². The molecule has 0 aromatic heterocycles. The molecule has 158 valence electrons. The van der Waals surface area contributed by atoms with Gasteiger partial charge in [-0.2, -0.15) is 0 Å². The SMILES string of the molecule is O=C(Nc1ccc(-c2cccc(NC(=O)c3ccc(Cl)cc3)c2Cl)cc1)c1ccccc1. The van der Waals surface area contributed by atoms with Gasteiger partial charge in [-0.1, -0.05) is 65.7 Å². The lowest BCUT2D eigenvalue weighted by Gasteiger charge is -2.12. The summed E-state index contributed by atoms with van der Waals surface area (Å²) < 4.78 is 0. The summed E-state index contributed by atoms with van der Waals surface area (Å²) in [7, 11) is 0. The van der Waals surface area contributed by atoms with E-state index in [1.54, 1.807) is 42.5 Å². The summed E-state index contributed by atoms with van der Waals surface area (Å²) in [5.41, 5.74) is 3.87. The zero-order chi connectivity index (χ0) is 22.5. The van der Waals surface area contributed by atoms with Gasteiger partial charge in [-0.3, -0.25) is 9.59 Å². The lowest BCUT2D eigenvalue weighted by molar-refractivity contribution is 0.101. The van der Waals surface area contributed by atoms with E-state index in [1.165, 1.54) is 0 Å². The van der Waals surface area contributed by atoms with Crippen LogP contribution in [0.5, 0.6) is 0 Å². The molecule has 4 nitrogen and oxygen atoms in total. The van der Waals surface area contributed by atoms with Crippen molar-refractivity contribution >= 4 is 46.4 Å². The molecule has 0 atom stereocenters. The molecule has 0 aliphatic heterocycles. The van der Waals surface area contributed by atoms with E-state index in [0.29, 0.717) is 32.5 Å². The molecule has 2 N–H and O–H groups in total. The first-order valence-electron chi connectivity index (χ1n) is 9.83. The Morgan fingerprint density at radius 2 is 1.22 bits per heavy atom. The van der Waals surface area contributed by atoms with Gasteiger partial charge in [0, 0.05) is 27.4 Å². The van der Waals surface area contributed by atoms with E-state index < -0.39 is 0 Å². The second-order valence-electron chi connectivity index (χ2n) is 7.03. The largest absolute Gasteiger partial charge is 0.322 e. The summed E-state index contributed by atoms with van der Waals surface area (Å²) >= 11 is 12.5. The summed E-state index contributed by atoms with van der Waals surface area (Å²) in [4.78, 5) is 24.9. The van der Waals surface area contributed by atoms with E-state index in [4.69, 9.17) is 23.2 Å². The Morgan fingerprint density at radius 3 is 1.91 bits per heavy atom. The van der Waals surface area contributed by atoms with Gasteiger partial charge in [0.2, 0.25) is 0 Å². The average Bonchev–Trinajstić information content (AvgIpc) is 2.82. The molecular weight excluding hydrogens is 443 g/mol. The third-order valence-electron chi connectivity index (χ3n) is 4.84. The molecule has 0 unspecified atom stereocenters. The quantitative estimate of drug-likeness (QED) is 0.331. The van der Waals surface area contributed by atoms with Crippen LogP contribution in [-0.2, 0) is 0 Å². The molecule has 0 bridgehead atoms. The molecule has 4 aromatic rings. The summed E-state index contributed by atoms with van der Waals surface area (Å²) in [6.07, 6.45) is 0. The molecule has 6 heteroatoms. The fourth-order valence-corrected chi connectivity index (χ4v) is 3.58. The van der Waals surface area contributed by atoms with Crippen LogP contribution < -0.4 is 10.6 Å². The predicted octanol–water partition coefficient (Wildman–Crippen LogP) is 7.17. The number of carbonyl (C=O) groups is 2. The minimum atomic E-state index is -0.278. The van der Waals surface area contributed by atoms with Gasteiger partial charge in [-0.15, -0.1) is 0 Å². The molecular formula is C26H18Cl2N2O2. The minimum absolute atomic E-state index is 0.178. The maximum atomic E-state index is 12.5. The Bertz CT molecular complexity index is 1260. The third-order valence-corrected chi connectivity index (χ3v) is 5.50. The van der Waals surface area contributed by atoms with Crippen LogP contribution in [0.4, 0.5) is 11.4 Å². The number of rotatable bonds is 5. The number of halogens is 2. The highest BCUT2D eigenvalue weighted by Gasteiger charge is 2.13. The Kier molecular flexibility index (Phi) is 6.55. The number of benzene rings is 4. The first-order valence-corrected chi connectivity index (χ1v) is 10.6. The molecule has 0 heterocycles. The van der Waals surface area contributed by atoms with Gasteiger partial charge in [0.25, 0.3) is 11.8 Å². The highest BCUT2D eigenvalue weighted by Crippen LogP contribution is 2.34. The highest BCUT2D eigenvalue weighted by atomic mass is 35.5. The highest BCUT2D eigenvalue weighted by molar-refractivity contribution is 6.36. The van der Waals surface area contributed by atoms with Crippen LogP contribution >= 0.6 is 23.2 Å². The number of amides is 2. The molecule has 0 radical (unpaired) electrons. The van der Waals surface area contributed by atoms with Crippen LogP contribution in [0, 0.1) is 0 Å². The van der Waals surface area contributed by atoms with Gasteiger partial charge in [-0.25, -0.2) is 0 Å². The van der Waals surface area contributed by atoms with Crippen molar-refractivity contribution in [2.75, 3.05) is 10.6 Å². The van der Waals surface area contributed by atoms with E-state index in [1.807, 2.05) is 54.6 Å². The lowest BCUT2D eigenvalue weighted by atomic mass is 10.0. The third kappa shape index (κ3) is 4.99.